The molecule has 0 unspecified atom stereocenters. The second kappa shape index (κ2) is 9.78. The molecule has 0 aromatic heterocycles. The highest BCUT2D eigenvalue weighted by atomic mass is 35.6. The van der Waals surface area contributed by atoms with E-state index in [9.17, 15) is 18.8 Å². The minimum Gasteiger partial charge on any atom is -0.447 e. The molecule has 10 heteroatoms. The van der Waals surface area contributed by atoms with E-state index in [2.05, 4.69) is 5.32 Å². The van der Waals surface area contributed by atoms with Crippen molar-refractivity contribution in [3.05, 3.63) is 47.8 Å². The number of alkyl halides is 3. The lowest BCUT2D eigenvalue weighted by Crippen LogP contribution is -2.43. The number of hydrogen-bond donors (Lipinski definition) is 1. The number of imide groups is 1. The number of nitrogens with one attached hydrogen (secondary N) is 1. The molecule has 0 aliphatic carbocycles. The van der Waals surface area contributed by atoms with E-state index in [-0.39, 0.29) is 6.61 Å². The van der Waals surface area contributed by atoms with Crippen molar-refractivity contribution in [1.82, 2.24) is 10.2 Å². The van der Waals surface area contributed by atoms with Gasteiger partial charge in [0.1, 0.15) is 12.4 Å². The zero-order valence-electron chi connectivity index (χ0n) is 15.7. The average molecular weight is 466 g/mol. The van der Waals surface area contributed by atoms with Gasteiger partial charge < -0.3 is 10.1 Å². The fourth-order valence-corrected chi connectivity index (χ4v) is 2.95. The summed E-state index contributed by atoms with van der Waals surface area (Å²) in [6.45, 7) is 2.84. The molecule has 1 N–H and O–H groups in total. The number of carbonyl (C=O) groups excluding carboxylic acids is 3. The lowest BCUT2D eigenvalue weighted by atomic mass is 10.0. The Balaban J connectivity index is 2.07. The Morgan fingerprint density at radius 3 is 2.52 bits per heavy atom. The van der Waals surface area contributed by atoms with Crippen molar-refractivity contribution in [2.24, 2.45) is 5.92 Å². The van der Waals surface area contributed by atoms with E-state index >= 15 is 0 Å². The standard InChI is InChI=1S/C19H20Cl3FN2O4/c1-11(8-15(23)12(2)24-17(27)19(20,21)22)16(26)25-14(10-29-18(25)28)9-13-6-4-3-5-7-13/h3-8,11-12,14H,9-10H2,1-2H3,(H,24,27)/t11-,12+,14-/m1/s1. The van der Waals surface area contributed by atoms with E-state index in [1.54, 1.807) is 0 Å². The van der Waals surface area contributed by atoms with E-state index in [0.717, 1.165) is 16.5 Å². The summed E-state index contributed by atoms with van der Waals surface area (Å²) in [5.41, 5.74) is 0.936. The van der Waals surface area contributed by atoms with E-state index in [1.165, 1.54) is 13.8 Å². The fraction of sp³-hybridized carbons (Fsp3) is 0.421. The molecule has 1 aromatic rings. The third kappa shape index (κ3) is 6.32. The summed E-state index contributed by atoms with van der Waals surface area (Å²) in [7, 11) is 0. The molecule has 0 spiro atoms. The lowest BCUT2D eigenvalue weighted by molar-refractivity contribution is -0.131. The third-order valence-electron chi connectivity index (χ3n) is 4.33. The molecule has 1 aromatic carbocycles. The monoisotopic (exact) mass is 464 g/mol. The van der Waals surface area contributed by atoms with E-state index < -0.39 is 45.5 Å². The number of hydrogen-bond acceptors (Lipinski definition) is 4. The molecule has 1 aliphatic heterocycles. The van der Waals surface area contributed by atoms with Crippen LogP contribution in [-0.2, 0) is 20.7 Å². The highest BCUT2D eigenvalue weighted by molar-refractivity contribution is 6.76. The van der Waals surface area contributed by atoms with Crippen molar-refractivity contribution >= 4 is 52.7 Å². The Kier molecular flexibility index (Phi) is 7.91. The van der Waals surface area contributed by atoms with Crippen LogP contribution in [0.4, 0.5) is 9.18 Å². The van der Waals surface area contributed by atoms with Gasteiger partial charge in [-0.15, -0.1) is 0 Å². The van der Waals surface area contributed by atoms with Crippen LogP contribution in [-0.4, -0.2) is 45.3 Å². The number of halogens is 4. The van der Waals surface area contributed by atoms with E-state index in [1.807, 2.05) is 30.3 Å². The molecule has 1 aliphatic rings. The van der Waals surface area contributed by atoms with Gasteiger partial charge in [0.2, 0.25) is 5.91 Å². The van der Waals surface area contributed by atoms with Crippen LogP contribution < -0.4 is 5.32 Å². The summed E-state index contributed by atoms with van der Waals surface area (Å²) in [5, 5.41) is 2.19. The zero-order chi connectivity index (χ0) is 21.8. The normalized spacial score (nSPS) is 19.5. The minimum absolute atomic E-state index is 0.0636. The van der Waals surface area contributed by atoms with Crippen molar-refractivity contribution in [2.45, 2.75) is 36.1 Å². The number of nitrogens with zero attached hydrogens (tertiary/aromatic N) is 1. The summed E-state index contributed by atoms with van der Waals surface area (Å²) in [4.78, 5) is 37.5. The second-order valence-electron chi connectivity index (χ2n) is 6.66. The highest BCUT2D eigenvalue weighted by Crippen LogP contribution is 2.27. The van der Waals surface area contributed by atoms with Gasteiger partial charge in [0.15, 0.2) is 0 Å². The van der Waals surface area contributed by atoms with Gasteiger partial charge in [0.05, 0.1) is 18.0 Å². The molecule has 6 nitrogen and oxygen atoms in total. The summed E-state index contributed by atoms with van der Waals surface area (Å²) in [5.74, 6) is -3.39. The van der Waals surface area contributed by atoms with E-state index in [4.69, 9.17) is 39.5 Å². The van der Waals surface area contributed by atoms with Gasteiger partial charge in [0.25, 0.3) is 9.70 Å². The summed E-state index contributed by atoms with van der Waals surface area (Å²) in [6.07, 6.45) is 0.665. The maximum absolute atomic E-state index is 14.4. The van der Waals surface area contributed by atoms with Crippen LogP contribution in [0.25, 0.3) is 0 Å². The van der Waals surface area contributed by atoms with E-state index in [0.29, 0.717) is 6.42 Å². The molecule has 2 rings (SSSR count). The van der Waals surface area contributed by atoms with Crippen molar-refractivity contribution in [2.75, 3.05) is 6.61 Å². The van der Waals surface area contributed by atoms with Gasteiger partial charge in [-0.25, -0.2) is 14.1 Å². The molecule has 1 fully saturated rings. The zero-order valence-corrected chi connectivity index (χ0v) is 18.0. The Morgan fingerprint density at radius 2 is 1.93 bits per heavy atom. The molecule has 3 atom stereocenters. The van der Waals surface area contributed by atoms with Crippen LogP contribution in [0.1, 0.15) is 19.4 Å². The van der Waals surface area contributed by atoms with Crippen LogP contribution >= 0.6 is 34.8 Å². The fourth-order valence-electron chi connectivity index (χ4n) is 2.79. The maximum atomic E-state index is 14.4. The number of ether oxygens (including phenoxy) is 1. The first-order valence-electron chi connectivity index (χ1n) is 8.79. The molecule has 0 bridgehead atoms. The smallest absolute Gasteiger partial charge is 0.417 e. The number of amides is 3. The van der Waals surface area contributed by atoms with Crippen LogP contribution in [0.15, 0.2) is 42.2 Å². The van der Waals surface area contributed by atoms with Gasteiger partial charge in [-0.2, -0.15) is 0 Å². The Morgan fingerprint density at radius 1 is 1.31 bits per heavy atom. The molecule has 3 amide bonds. The second-order valence-corrected chi connectivity index (χ2v) is 8.94. The molecule has 0 saturated carbocycles. The first kappa shape index (κ1) is 23.4. The van der Waals surface area contributed by atoms with Crippen molar-refractivity contribution in [3.8, 4) is 0 Å². The third-order valence-corrected chi connectivity index (χ3v) is 4.85. The van der Waals surface area contributed by atoms with Crippen LogP contribution in [0.3, 0.4) is 0 Å². The predicted octanol–water partition coefficient (Wildman–Crippen LogP) is 3.94. The van der Waals surface area contributed by atoms with Gasteiger partial charge in [-0.05, 0) is 31.9 Å². The van der Waals surface area contributed by atoms with Gasteiger partial charge >= 0.3 is 6.09 Å². The molecular formula is C19H20Cl3FN2O4. The molecule has 158 valence electrons. The number of carbonyl (C=O) groups is 3. The van der Waals surface area contributed by atoms with Crippen molar-refractivity contribution in [1.29, 1.82) is 0 Å². The Labute approximate surface area is 182 Å². The van der Waals surface area contributed by atoms with Gasteiger partial charge in [-0.1, -0.05) is 65.1 Å². The average Bonchev–Trinajstić information content (AvgIpc) is 3.01. The first-order valence-corrected chi connectivity index (χ1v) is 9.92. The van der Waals surface area contributed by atoms with Crippen LogP contribution in [0, 0.1) is 5.92 Å². The van der Waals surface area contributed by atoms with Crippen LogP contribution in [0.2, 0.25) is 0 Å². The Hall–Kier alpha value is -1.83. The van der Waals surface area contributed by atoms with Crippen molar-refractivity contribution < 1.29 is 23.5 Å². The predicted molar refractivity (Wildman–Crippen MR) is 108 cm³/mol. The number of benzene rings is 1. The summed E-state index contributed by atoms with van der Waals surface area (Å²) >= 11 is 16.3. The largest absolute Gasteiger partial charge is 0.447 e. The Bertz CT molecular complexity index is 798. The quantitative estimate of drug-likeness (QED) is 0.646. The summed E-state index contributed by atoms with van der Waals surface area (Å²) < 4.78 is 17.2. The first-order chi connectivity index (χ1) is 13.5. The van der Waals surface area contributed by atoms with Crippen LogP contribution in [0.5, 0.6) is 0 Å². The van der Waals surface area contributed by atoms with Crippen molar-refractivity contribution in [3.63, 3.8) is 0 Å². The molecule has 0 radical (unpaired) electrons. The molecular weight excluding hydrogens is 446 g/mol. The summed E-state index contributed by atoms with van der Waals surface area (Å²) in [6, 6.07) is 7.71. The highest BCUT2D eigenvalue weighted by Gasteiger charge is 2.39. The SMILES string of the molecule is C[C@H](C=C(F)[C@H](C)NC(=O)C(Cl)(Cl)Cl)C(=O)N1C(=O)OC[C@H]1Cc1ccccc1. The molecule has 1 heterocycles. The molecule has 29 heavy (non-hydrogen) atoms. The number of rotatable bonds is 6. The lowest BCUT2D eigenvalue weighted by Gasteiger charge is -2.22. The van der Waals surface area contributed by atoms with Gasteiger partial charge in [-0.3, -0.25) is 9.59 Å². The minimum atomic E-state index is -2.24. The van der Waals surface area contributed by atoms with Gasteiger partial charge in [0, 0.05) is 0 Å². The molecule has 1 saturated heterocycles. The maximum Gasteiger partial charge on any atom is 0.417 e. The number of cyclic esters (lactones) is 1. The topological polar surface area (TPSA) is 75.7 Å².